The highest BCUT2D eigenvalue weighted by Crippen LogP contribution is 2.22. The average molecular weight is 304 g/mol. The smallest absolute Gasteiger partial charge is 0.410 e. The SMILES string of the molecule is CC(C)(C)OC(=O)N1CC/C(=N\O)CC1Cc1ccccc1. The molecule has 0 radical (unpaired) electrons. The fourth-order valence-electron chi connectivity index (χ4n) is 2.64. The highest BCUT2D eigenvalue weighted by Gasteiger charge is 2.32. The van der Waals surface area contributed by atoms with Crippen molar-refractivity contribution < 1.29 is 14.7 Å². The van der Waals surface area contributed by atoms with Gasteiger partial charge in [0.2, 0.25) is 0 Å². The molecule has 22 heavy (non-hydrogen) atoms. The summed E-state index contributed by atoms with van der Waals surface area (Å²) in [6.45, 7) is 6.11. The van der Waals surface area contributed by atoms with Crippen molar-refractivity contribution in [3.63, 3.8) is 0 Å². The molecule has 2 rings (SSSR count). The first kappa shape index (κ1) is 16.3. The van der Waals surface area contributed by atoms with Crippen LogP contribution in [0.5, 0.6) is 0 Å². The van der Waals surface area contributed by atoms with Gasteiger partial charge in [0.25, 0.3) is 0 Å². The Balaban J connectivity index is 2.13. The molecule has 1 atom stereocenters. The molecule has 1 aromatic carbocycles. The van der Waals surface area contributed by atoms with Crippen LogP contribution in [-0.2, 0) is 11.2 Å². The number of rotatable bonds is 2. The van der Waals surface area contributed by atoms with E-state index in [2.05, 4.69) is 5.16 Å². The van der Waals surface area contributed by atoms with Crippen LogP contribution in [0.1, 0.15) is 39.2 Å². The van der Waals surface area contributed by atoms with Crippen molar-refractivity contribution in [1.82, 2.24) is 4.90 Å². The first-order chi connectivity index (χ1) is 10.4. The van der Waals surface area contributed by atoms with Gasteiger partial charge in [0, 0.05) is 25.4 Å². The zero-order chi connectivity index (χ0) is 16.2. The molecule has 0 aliphatic carbocycles. The maximum atomic E-state index is 12.4. The van der Waals surface area contributed by atoms with Crippen LogP contribution in [-0.4, -0.2) is 40.1 Å². The maximum Gasteiger partial charge on any atom is 0.410 e. The Morgan fingerprint density at radius 2 is 2.05 bits per heavy atom. The van der Waals surface area contributed by atoms with E-state index in [0.29, 0.717) is 19.4 Å². The van der Waals surface area contributed by atoms with Crippen molar-refractivity contribution in [2.75, 3.05) is 6.54 Å². The Hall–Kier alpha value is -2.04. The minimum atomic E-state index is -0.514. The molecule has 1 N–H and O–H groups in total. The van der Waals surface area contributed by atoms with E-state index in [0.717, 1.165) is 17.7 Å². The number of piperidine rings is 1. The topological polar surface area (TPSA) is 62.1 Å². The minimum absolute atomic E-state index is 0.0445. The molecule has 1 heterocycles. The van der Waals surface area contributed by atoms with Crippen molar-refractivity contribution in [2.24, 2.45) is 5.16 Å². The molecule has 0 bridgehead atoms. The van der Waals surface area contributed by atoms with Gasteiger partial charge in [0.1, 0.15) is 5.60 Å². The lowest BCUT2D eigenvalue weighted by Crippen LogP contribution is -2.49. The number of amides is 1. The summed E-state index contributed by atoms with van der Waals surface area (Å²) in [5.74, 6) is 0. The molecule has 1 fully saturated rings. The van der Waals surface area contributed by atoms with E-state index < -0.39 is 5.60 Å². The van der Waals surface area contributed by atoms with Crippen molar-refractivity contribution >= 4 is 11.8 Å². The van der Waals surface area contributed by atoms with Gasteiger partial charge in [-0.25, -0.2) is 4.79 Å². The van der Waals surface area contributed by atoms with E-state index in [1.54, 1.807) is 4.90 Å². The first-order valence-corrected chi connectivity index (χ1v) is 7.62. The van der Waals surface area contributed by atoms with E-state index in [4.69, 9.17) is 9.94 Å². The highest BCUT2D eigenvalue weighted by molar-refractivity contribution is 5.87. The summed E-state index contributed by atoms with van der Waals surface area (Å²) in [6, 6.07) is 9.97. The zero-order valence-electron chi connectivity index (χ0n) is 13.5. The number of hydrogen-bond donors (Lipinski definition) is 1. The zero-order valence-corrected chi connectivity index (χ0v) is 13.5. The van der Waals surface area contributed by atoms with E-state index in [9.17, 15) is 4.79 Å². The lowest BCUT2D eigenvalue weighted by molar-refractivity contribution is 0.0153. The fraction of sp³-hybridized carbons (Fsp3) is 0.529. The molecule has 1 amide bonds. The number of nitrogens with zero attached hydrogens (tertiary/aromatic N) is 2. The van der Waals surface area contributed by atoms with Crippen LogP contribution in [0.3, 0.4) is 0 Å². The second-order valence-corrected chi connectivity index (χ2v) is 6.64. The van der Waals surface area contributed by atoms with Gasteiger partial charge in [-0.15, -0.1) is 0 Å². The van der Waals surface area contributed by atoms with Gasteiger partial charge >= 0.3 is 6.09 Å². The molecule has 120 valence electrons. The lowest BCUT2D eigenvalue weighted by Gasteiger charge is -2.37. The number of carbonyl (C=O) groups is 1. The van der Waals surface area contributed by atoms with Crippen molar-refractivity contribution in [1.29, 1.82) is 0 Å². The minimum Gasteiger partial charge on any atom is -0.444 e. The summed E-state index contributed by atoms with van der Waals surface area (Å²) < 4.78 is 5.50. The standard InChI is InChI=1S/C17H24N2O3/c1-17(2,3)22-16(20)19-10-9-14(18-21)12-15(19)11-13-7-5-4-6-8-13/h4-8,15,21H,9-12H2,1-3H3/b18-14+. The second kappa shape index (κ2) is 6.81. The third kappa shape index (κ3) is 4.48. The molecular formula is C17H24N2O3. The Labute approximate surface area is 131 Å². The van der Waals surface area contributed by atoms with Crippen molar-refractivity contribution in [3.05, 3.63) is 35.9 Å². The maximum absolute atomic E-state index is 12.4. The summed E-state index contributed by atoms with van der Waals surface area (Å²) in [6.07, 6.45) is 1.58. The van der Waals surface area contributed by atoms with Gasteiger partial charge in [0.05, 0.1) is 5.71 Å². The van der Waals surface area contributed by atoms with Gasteiger partial charge in [-0.1, -0.05) is 35.5 Å². The number of benzene rings is 1. The van der Waals surface area contributed by atoms with E-state index >= 15 is 0 Å². The number of likely N-dealkylation sites (tertiary alicyclic amines) is 1. The quantitative estimate of drug-likeness (QED) is 0.672. The van der Waals surface area contributed by atoms with Crippen molar-refractivity contribution in [2.45, 2.75) is 51.7 Å². The first-order valence-electron chi connectivity index (χ1n) is 7.62. The summed E-state index contributed by atoms with van der Waals surface area (Å²) in [5.41, 5.74) is 1.38. The van der Waals surface area contributed by atoms with Crippen molar-refractivity contribution in [3.8, 4) is 0 Å². The molecular weight excluding hydrogens is 280 g/mol. The average Bonchev–Trinajstić information content (AvgIpc) is 2.46. The lowest BCUT2D eigenvalue weighted by atomic mass is 9.94. The fourth-order valence-corrected chi connectivity index (χ4v) is 2.64. The summed E-state index contributed by atoms with van der Waals surface area (Å²) >= 11 is 0. The summed E-state index contributed by atoms with van der Waals surface area (Å²) in [4.78, 5) is 14.2. The Bertz CT molecular complexity index is 535. The molecule has 1 aromatic rings. The van der Waals surface area contributed by atoms with Crippen LogP contribution in [0.15, 0.2) is 35.5 Å². The highest BCUT2D eigenvalue weighted by atomic mass is 16.6. The Morgan fingerprint density at radius 1 is 1.36 bits per heavy atom. The predicted molar refractivity (Wildman–Crippen MR) is 85.3 cm³/mol. The number of hydrogen-bond acceptors (Lipinski definition) is 4. The van der Waals surface area contributed by atoms with Gasteiger partial charge < -0.3 is 14.8 Å². The monoisotopic (exact) mass is 304 g/mol. The third-order valence-corrected chi connectivity index (χ3v) is 3.64. The molecule has 1 saturated heterocycles. The largest absolute Gasteiger partial charge is 0.444 e. The molecule has 0 saturated carbocycles. The van der Waals surface area contributed by atoms with Crippen LogP contribution in [0.4, 0.5) is 4.79 Å². The van der Waals surface area contributed by atoms with Gasteiger partial charge in [-0.05, 0) is 32.8 Å². The normalized spacial score (nSPS) is 21.0. The Morgan fingerprint density at radius 3 is 2.64 bits per heavy atom. The Kier molecular flexibility index (Phi) is 5.06. The van der Waals surface area contributed by atoms with Crippen LogP contribution >= 0.6 is 0 Å². The van der Waals surface area contributed by atoms with E-state index in [1.165, 1.54) is 0 Å². The van der Waals surface area contributed by atoms with Crippen LogP contribution < -0.4 is 0 Å². The molecule has 0 aromatic heterocycles. The molecule has 5 heteroatoms. The van der Waals surface area contributed by atoms with E-state index in [1.807, 2.05) is 51.1 Å². The number of oxime groups is 1. The number of ether oxygens (including phenoxy) is 1. The summed E-state index contributed by atoms with van der Waals surface area (Å²) in [5, 5.41) is 12.4. The molecule has 1 aliphatic heterocycles. The molecule has 5 nitrogen and oxygen atoms in total. The summed E-state index contributed by atoms with van der Waals surface area (Å²) in [7, 11) is 0. The van der Waals surface area contributed by atoms with Crippen LogP contribution in [0, 0.1) is 0 Å². The predicted octanol–water partition coefficient (Wildman–Crippen LogP) is 3.46. The van der Waals surface area contributed by atoms with Gasteiger partial charge in [-0.2, -0.15) is 0 Å². The van der Waals surface area contributed by atoms with Crippen LogP contribution in [0.25, 0.3) is 0 Å². The molecule has 1 unspecified atom stereocenters. The van der Waals surface area contributed by atoms with Gasteiger partial charge in [-0.3, -0.25) is 0 Å². The third-order valence-electron chi connectivity index (χ3n) is 3.64. The van der Waals surface area contributed by atoms with Gasteiger partial charge in [0.15, 0.2) is 0 Å². The number of carbonyl (C=O) groups excluding carboxylic acids is 1. The van der Waals surface area contributed by atoms with Crippen LogP contribution in [0.2, 0.25) is 0 Å². The molecule has 1 aliphatic rings. The molecule has 0 spiro atoms. The second-order valence-electron chi connectivity index (χ2n) is 6.64. The van der Waals surface area contributed by atoms with E-state index in [-0.39, 0.29) is 12.1 Å².